The van der Waals surface area contributed by atoms with Crippen LogP contribution in [-0.2, 0) is 4.74 Å². The van der Waals surface area contributed by atoms with Crippen molar-refractivity contribution in [3.05, 3.63) is 0 Å². The van der Waals surface area contributed by atoms with E-state index in [1.54, 1.807) is 0 Å². The van der Waals surface area contributed by atoms with Crippen molar-refractivity contribution in [3.63, 3.8) is 0 Å². The zero-order valence-electron chi connectivity index (χ0n) is 7.01. The molecule has 0 radical (unpaired) electrons. The van der Waals surface area contributed by atoms with Crippen molar-refractivity contribution >= 4 is 0 Å². The molecule has 64 valence electrons. The molecule has 1 heterocycles. The lowest BCUT2D eigenvalue weighted by molar-refractivity contribution is -0.00636. The van der Waals surface area contributed by atoms with Crippen LogP contribution >= 0.6 is 0 Å². The third kappa shape index (κ3) is 1.94. The fourth-order valence-corrected chi connectivity index (χ4v) is 1.90. The van der Waals surface area contributed by atoms with Crippen molar-refractivity contribution in [1.29, 1.82) is 0 Å². The molecule has 0 amide bonds. The molecule has 2 fully saturated rings. The van der Waals surface area contributed by atoms with E-state index >= 15 is 0 Å². The summed E-state index contributed by atoms with van der Waals surface area (Å²) < 4.78 is 5.09. The SMILES string of the molecule is C1CCC(CNC2COC2)C1. The molecule has 1 aliphatic carbocycles. The largest absolute Gasteiger partial charge is 0.378 e. The molecule has 2 rings (SSSR count). The Morgan fingerprint density at radius 1 is 1.18 bits per heavy atom. The minimum atomic E-state index is 0.676. The van der Waals surface area contributed by atoms with Crippen molar-refractivity contribution in [1.82, 2.24) is 5.32 Å². The summed E-state index contributed by atoms with van der Waals surface area (Å²) in [5.41, 5.74) is 0. The van der Waals surface area contributed by atoms with Gasteiger partial charge in [0.15, 0.2) is 0 Å². The molecule has 1 N–H and O–H groups in total. The molecule has 0 spiro atoms. The minimum Gasteiger partial charge on any atom is -0.378 e. The predicted octanol–water partition coefficient (Wildman–Crippen LogP) is 1.17. The zero-order chi connectivity index (χ0) is 7.52. The summed E-state index contributed by atoms with van der Waals surface area (Å²) in [6, 6.07) is 0.676. The molecule has 0 atom stereocenters. The van der Waals surface area contributed by atoms with E-state index in [0.29, 0.717) is 6.04 Å². The quantitative estimate of drug-likeness (QED) is 0.660. The highest BCUT2D eigenvalue weighted by Crippen LogP contribution is 2.23. The van der Waals surface area contributed by atoms with Crippen LogP contribution in [0.2, 0.25) is 0 Å². The van der Waals surface area contributed by atoms with Crippen LogP contribution < -0.4 is 5.32 Å². The van der Waals surface area contributed by atoms with Gasteiger partial charge in [0.05, 0.1) is 19.3 Å². The summed E-state index contributed by atoms with van der Waals surface area (Å²) >= 11 is 0. The van der Waals surface area contributed by atoms with Crippen molar-refractivity contribution in [2.24, 2.45) is 5.92 Å². The third-order valence-electron chi connectivity index (χ3n) is 2.81. The van der Waals surface area contributed by atoms with Crippen LogP contribution in [-0.4, -0.2) is 25.8 Å². The first-order chi connectivity index (χ1) is 5.45. The lowest BCUT2D eigenvalue weighted by Crippen LogP contribution is -2.47. The van der Waals surface area contributed by atoms with Gasteiger partial charge in [0.1, 0.15) is 0 Å². The van der Waals surface area contributed by atoms with Crippen LogP contribution in [0.4, 0.5) is 0 Å². The number of ether oxygens (including phenoxy) is 1. The van der Waals surface area contributed by atoms with E-state index in [-0.39, 0.29) is 0 Å². The Labute approximate surface area is 68.3 Å². The lowest BCUT2D eigenvalue weighted by Gasteiger charge is -2.28. The summed E-state index contributed by atoms with van der Waals surface area (Å²) in [5, 5.41) is 3.54. The predicted molar refractivity (Wildman–Crippen MR) is 44.6 cm³/mol. The third-order valence-corrected chi connectivity index (χ3v) is 2.81. The van der Waals surface area contributed by atoms with E-state index in [2.05, 4.69) is 5.32 Å². The molecule has 0 aromatic heterocycles. The van der Waals surface area contributed by atoms with Gasteiger partial charge in [-0.3, -0.25) is 0 Å². The summed E-state index contributed by atoms with van der Waals surface area (Å²) in [7, 11) is 0. The number of rotatable bonds is 3. The Balaban J connectivity index is 1.57. The van der Waals surface area contributed by atoms with Crippen LogP contribution in [0.1, 0.15) is 25.7 Å². The van der Waals surface area contributed by atoms with Gasteiger partial charge in [-0.1, -0.05) is 12.8 Å². The zero-order valence-corrected chi connectivity index (χ0v) is 7.01. The maximum Gasteiger partial charge on any atom is 0.0643 e. The molecule has 0 aromatic rings. The second-order valence-corrected chi connectivity index (χ2v) is 3.79. The normalized spacial score (nSPS) is 27.3. The fraction of sp³-hybridized carbons (Fsp3) is 1.00. The van der Waals surface area contributed by atoms with Gasteiger partial charge in [-0.05, 0) is 25.3 Å². The van der Waals surface area contributed by atoms with Gasteiger partial charge in [-0.25, -0.2) is 0 Å². The van der Waals surface area contributed by atoms with E-state index in [1.807, 2.05) is 0 Å². The van der Waals surface area contributed by atoms with E-state index in [1.165, 1.54) is 32.2 Å². The standard InChI is InChI=1S/C9H17NO/c1-2-4-8(3-1)5-10-9-6-11-7-9/h8-10H,1-7H2. The van der Waals surface area contributed by atoms with Gasteiger partial charge in [0, 0.05) is 0 Å². The second-order valence-electron chi connectivity index (χ2n) is 3.79. The van der Waals surface area contributed by atoms with Crippen molar-refractivity contribution in [2.75, 3.05) is 19.8 Å². The monoisotopic (exact) mass is 155 g/mol. The molecule has 0 bridgehead atoms. The van der Waals surface area contributed by atoms with Gasteiger partial charge >= 0.3 is 0 Å². The molecule has 2 nitrogen and oxygen atoms in total. The van der Waals surface area contributed by atoms with Gasteiger partial charge in [0.2, 0.25) is 0 Å². The Morgan fingerprint density at radius 3 is 2.45 bits per heavy atom. The van der Waals surface area contributed by atoms with E-state index in [9.17, 15) is 0 Å². The van der Waals surface area contributed by atoms with Crippen LogP contribution in [0.15, 0.2) is 0 Å². The minimum absolute atomic E-state index is 0.676. The molecule has 1 saturated carbocycles. The Bertz CT molecular complexity index is 117. The Kier molecular flexibility index (Phi) is 2.44. The van der Waals surface area contributed by atoms with Crippen LogP contribution in [0.5, 0.6) is 0 Å². The van der Waals surface area contributed by atoms with Crippen molar-refractivity contribution in [2.45, 2.75) is 31.7 Å². The maximum atomic E-state index is 5.09. The first kappa shape index (κ1) is 7.56. The topological polar surface area (TPSA) is 21.3 Å². The Hall–Kier alpha value is -0.0800. The van der Waals surface area contributed by atoms with Crippen molar-refractivity contribution < 1.29 is 4.74 Å². The number of hydrogen-bond donors (Lipinski definition) is 1. The van der Waals surface area contributed by atoms with E-state index in [0.717, 1.165) is 19.1 Å². The van der Waals surface area contributed by atoms with Gasteiger partial charge in [-0.2, -0.15) is 0 Å². The molecular weight excluding hydrogens is 138 g/mol. The molecule has 2 heteroatoms. The number of nitrogens with one attached hydrogen (secondary N) is 1. The average Bonchev–Trinajstić information content (AvgIpc) is 2.36. The smallest absolute Gasteiger partial charge is 0.0643 e. The van der Waals surface area contributed by atoms with Gasteiger partial charge < -0.3 is 10.1 Å². The summed E-state index contributed by atoms with van der Waals surface area (Å²) in [6.45, 7) is 3.10. The summed E-state index contributed by atoms with van der Waals surface area (Å²) in [5.74, 6) is 0.968. The highest BCUT2D eigenvalue weighted by molar-refractivity contribution is 4.76. The first-order valence-corrected chi connectivity index (χ1v) is 4.76. The molecule has 0 unspecified atom stereocenters. The van der Waals surface area contributed by atoms with Crippen molar-refractivity contribution in [3.8, 4) is 0 Å². The highest BCUT2D eigenvalue weighted by atomic mass is 16.5. The molecule has 1 aliphatic heterocycles. The van der Waals surface area contributed by atoms with Crippen LogP contribution in [0, 0.1) is 5.92 Å². The molecular formula is C9H17NO. The molecule has 1 saturated heterocycles. The van der Waals surface area contributed by atoms with E-state index in [4.69, 9.17) is 4.74 Å². The average molecular weight is 155 g/mol. The lowest BCUT2D eigenvalue weighted by atomic mass is 10.1. The van der Waals surface area contributed by atoms with E-state index < -0.39 is 0 Å². The van der Waals surface area contributed by atoms with Crippen LogP contribution in [0.3, 0.4) is 0 Å². The highest BCUT2D eigenvalue weighted by Gasteiger charge is 2.20. The number of hydrogen-bond acceptors (Lipinski definition) is 2. The van der Waals surface area contributed by atoms with Gasteiger partial charge in [0.25, 0.3) is 0 Å². The van der Waals surface area contributed by atoms with Gasteiger partial charge in [-0.15, -0.1) is 0 Å². The van der Waals surface area contributed by atoms with Crippen LogP contribution in [0.25, 0.3) is 0 Å². The Morgan fingerprint density at radius 2 is 1.91 bits per heavy atom. The molecule has 0 aromatic carbocycles. The molecule has 11 heavy (non-hydrogen) atoms. The fourth-order valence-electron chi connectivity index (χ4n) is 1.90. The molecule has 2 aliphatic rings. The second kappa shape index (κ2) is 3.55. The first-order valence-electron chi connectivity index (χ1n) is 4.76. The maximum absolute atomic E-state index is 5.09. The summed E-state index contributed by atoms with van der Waals surface area (Å²) in [6.07, 6.45) is 5.79. The summed E-state index contributed by atoms with van der Waals surface area (Å²) in [4.78, 5) is 0.